The summed E-state index contributed by atoms with van der Waals surface area (Å²) in [6.07, 6.45) is 6.37. The van der Waals surface area contributed by atoms with Crippen molar-refractivity contribution in [3.8, 4) is 0 Å². The van der Waals surface area contributed by atoms with E-state index in [1.165, 1.54) is 25.7 Å². The third-order valence-corrected chi connectivity index (χ3v) is 3.43. The van der Waals surface area contributed by atoms with Gasteiger partial charge in [0.1, 0.15) is 0 Å². The van der Waals surface area contributed by atoms with Gasteiger partial charge in [-0.3, -0.25) is 4.79 Å². The quantitative estimate of drug-likeness (QED) is 0.726. The van der Waals surface area contributed by atoms with E-state index in [1.807, 2.05) is 0 Å². The lowest BCUT2D eigenvalue weighted by atomic mass is 9.83. The minimum absolute atomic E-state index is 0.131. The highest BCUT2D eigenvalue weighted by molar-refractivity contribution is 5.77. The molecule has 94 valence electrons. The molecule has 0 aliphatic heterocycles. The Kier molecular flexibility index (Phi) is 6.46. The molecule has 0 spiro atoms. The van der Waals surface area contributed by atoms with E-state index in [4.69, 9.17) is 0 Å². The lowest BCUT2D eigenvalue weighted by Crippen LogP contribution is -2.36. The fourth-order valence-electron chi connectivity index (χ4n) is 2.25. The van der Waals surface area contributed by atoms with Crippen LogP contribution in [0.4, 0.5) is 0 Å². The number of amides is 1. The van der Waals surface area contributed by atoms with Crippen LogP contribution in [0.15, 0.2) is 0 Å². The van der Waals surface area contributed by atoms with Gasteiger partial charge < -0.3 is 10.6 Å². The van der Waals surface area contributed by atoms with Gasteiger partial charge in [0.2, 0.25) is 5.91 Å². The average Bonchev–Trinajstić information content (AvgIpc) is 2.29. The van der Waals surface area contributed by atoms with Crippen molar-refractivity contribution in [2.45, 2.75) is 46.0 Å². The Labute approximate surface area is 99.4 Å². The van der Waals surface area contributed by atoms with Gasteiger partial charge in [0, 0.05) is 6.54 Å². The fourth-order valence-corrected chi connectivity index (χ4v) is 2.25. The maximum Gasteiger partial charge on any atom is 0.233 e. The Hall–Kier alpha value is -0.570. The predicted molar refractivity (Wildman–Crippen MR) is 67.3 cm³/mol. The average molecular weight is 226 g/mol. The van der Waals surface area contributed by atoms with Crippen molar-refractivity contribution in [2.24, 2.45) is 11.8 Å². The van der Waals surface area contributed by atoms with E-state index in [0.717, 1.165) is 31.3 Å². The van der Waals surface area contributed by atoms with Crippen molar-refractivity contribution in [1.82, 2.24) is 10.6 Å². The van der Waals surface area contributed by atoms with E-state index in [-0.39, 0.29) is 5.91 Å². The monoisotopic (exact) mass is 226 g/mol. The fraction of sp³-hybridized carbons (Fsp3) is 0.923. The lowest BCUT2D eigenvalue weighted by molar-refractivity contribution is -0.120. The summed E-state index contributed by atoms with van der Waals surface area (Å²) in [5.41, 5.74) is 0. The second-order valence-corrected chi connectivity index (χ2v) is 5.11. The van der Waals surface area contributed by atoms with Crippen molar-refractivity contribution in [1.29, 1.82) is 0 Å². The zero-order valence-electron chi connectivity index (χ0n) is 10.7. The molecule has 0 atom stereocenters. The Morgan fingerprint density at radius 3 is 2.56 bits per heavy atom. The summed E-state index contributed by atoms with van der Waals surface area (Å²) in [7, 11) is 0. The first-order valence-corrected chi connectivity index (χ1v) is 6.69. The van der Waals surface area contributed by atoms with E-state index in [9.17, 15) is 4.79 Å². The van der Waals surface area contributed by atoms with Crippen molar-refractivity contribution < 1.29 is 4.79 Å². The van der Waals surface area contributed by atoms with E-state index in [1.54, 1.807) is 0 Å². The molecule has 0 saturated heterocycles. The summed E-state index contributed by atoms with van der Waals surface area (Å²) in [4.78, 5) is 11.3. The largest absolute Gasteiger partial charge is 0.355 e. The van der Waals surface area contributed by atoms with Crippen LogP contribution in [0.5, 0.6) is 0 Å². The normalized spacial score (nSPS) is 25.4. The minimum Gasteiger partial charge on any atom is -0.355 e. The van der Waals surface area contributed by atoms with Crippen LogP contribution in [0.3, 0.4) is 0 Å². The van der Waals surface area contributed by atoms with Gasteiger partial charge in [-0.25, -0.2) is 0 Å². The Balaban J connectivity index is 2.00. The number of nitrogens with one attached hydrogen (secondary N) is 2. The van der Waals surface area contributed by atoms with Gasteiger partial charge >= 0.3 is 0 Å². The molecule has 0 aromatic rings. The van der Waals surface area contributed by atoms with Crippen LogP contribution in [0, 0.1) is 11.8 Å². The van der Waals surface area contributed by atoms with Gasteiger partial charge in [0.05, 0.1) is 6.54 Å². The van der Waals surface area contributed by atoms with Crippen molar-refractivity contribution in [2.75, 3.05) is 19.6 Å². The molecule has 2 N–H and O–H groups in total. The highest BCUT2D eigenvalue weighted by Crippen LogP contribution is 2.27. The van der Waals surface area contributed by atoms with Crippen LogP contribution in [0.1, 0.15) is 46.0 Å². The van der Waals surface area contributed by atoms with Gasteiger partial charge in [-0.15, -0.1) is 0 Å². The van der Waals surface area contributed by atoms with Crippen LogP contribution < -0.4 is 10.6 Å². The van der Waals surface area contributed by atoms with Crippen LogP contribution >= 0.6 is 0 Å². The van der Waals surface area contributed by atoms with Crippen LogP contribution in [-0.2, 0) is 4.79 Å². The summed E-state index contributed by atoms with van der Waals surface area (Å²) in [5.74, 6) is 1.82. The Morgan fingerprint density at radius 1 is 1.25 bits per heavy atom. The molecule has 0 radical (unpaired) electrons. The molecule has 1 amide bonds. The molecule has 1 saturated carbocycles. The predicted octanol–water partition coefficient (Wildman–Crippen LogP) is 1.93. The molecule has 3 heteroatoms. The van der Waals surface area contributed by atoms with E-state index >= 15 is 0 Å². The van der Waals surface area contributed by atoms with E-state index in [2.05, 4.69) is 24.5 Å². The first-order valence-electron chi connectivity index (χ1n) is 6.69. The molecule has 1 aliphatic rings. The molecule has 3 nitrogen and oxygen atoms in total. The van der Waals surface area contributed by atoms with Gasteiger partial charge in [-0.1, -0.05) is 26.7 Å². The summed E-state index contributed by atoms with van der Waals surface area (Å²) in [5, 5.41) is 6.14. The second-order valence-electron chi connectivity index (χ2n) is 5.11. The maximum absolute atomic E-state index is 11.3. The molecule has 0 bridgehead atoms. The van der Waals surface area contributed by atoms with Gasteiger partial charge in [0.25, 0.3) is 0 Å². The van der Waals surface area contributed by atoms with Gasteiger partial charge in [-0.05, 0) is 37.6 Å². The SMILES string of the molecule is CCCNC(=O)CNCC1CCC(C)CC1. The summed E-state index contributed by atoms with van der Waals surface area (Å²) < 4.78 is 0. The molecule has 16 heavy (non-hydrogen) atoms. The third kappa shape index (κ3) is 5.50. The molecule has 0 aromatic heterocycles. The standard InChI is InChI=1S/C13H26N2O/c1-3-8-15-13(16)10-14-9-12-6-4-11(2)5-7-12/h11-12,14H,3-10H2,1-2H3,(H,15,16). The molecular weight excluding hydrogens is 200 g/mol. The lowest BCUT2D eigenvalue weighted by Gasteiger charge is -2.26. The van der Waals surface area contributed by atoms with Crippen LogP contribution in [-0.4, -0.2) is 25.5 Å². The van der Waals surface area contributed by atoms with Crippen LogP contribution in [0.25, 0.3) is 0 Å². The van der Waals surface area contributed by atoms with E-state index in [0.29, 0.717) is 6.54 Å². The van der Waals surface area contributed by atoms with Gasteiger partial charge in [0.15, 0.2) is 0 Å². The molecule has 0 heterocycles. The smallest absolute Gasteiger partial charge is 0.233 e. The highest BCUT2D eigenvalue weighted by atomic mass is 16.1. The zero-order valence-corrected chi connectivity index (χ0v) is 10.7. The zero-order chi connectivity index (χ0) is 11.8. The number of hydrogen-bond acceptors (Lipinski definition) is 2. The first-order chi connectivity index (χ1) is 7.72. The first kappa shape index (κ1) is 13.5. The van der Waals surface area contributed by atoms with Crippen molar-refractivity contribution in [3.63, 3.8) is 0 Å². The van der Waals surface area contributed by atoms with Crippen molar-refractivity contribution >= 4 is 5.91 Å². The molecule has 0 unspecified atom stereocenters. The number of rotatable bonds is 6. The highest BCUT2D eigenvalue weighted by Gasteiger charge is 2.17. The Morgan fingerprint density at radius 2 is 1.94 bits per heavy atom. The molecule has 1 aliphatic carbocycles. The number of carbonyl (C=O) groups excluding carboxylic acids is 1. The molecule has 1 rings (SSSR count). The molecule has 0 aromatic carbocycles. The van der Waals surface area contributed by atoms with E-state index < -0.39 is 0 Å². The molecular formula is C13H26N2O. The second kappa shape index (κ2) is 7.66. The summed E-state index contributed by atoms with van der Waals surface area (Å²) in [6, 6.07) is 0. The summed E-state index contributed by atoms with van der Waals surface area (Å²) in [6.45, 7) is 6.68. The van der Waals surface area contributed by atoms with Crippen molar-refractivity contribution in [3.05, 3.63) is 0 Å². The third-order valence-electron chi connectivity index (χ3n) is 3.43. The van der Waals surface area contributed by atoms with Crippen LogP contribution in [0.2, 0.25) is 0 Å². The minimum atomic E-state index is 0.131. The topological polar surface area (TPSA) is 41.1 Å². The molecule has 1 fully saturated rings. The number of carbonyl (C=O) groups is 1. The number of hydrogen-bond donors (Lipinski definition) is 2. The maximum atomic E-state index is 11.3. The van der Waals surface area contributed by atoms with Gasteiger partial charge in [-0.2, -0.15) is 0 Å². The Bertz CT molecular complexity index is 198. The summed E-state index contributed by atoms with van der Waals surface area (Å²) >= 11 is 0.